The Kier molecular flexibility index (Phi) is 8.16. The topological polar surface area (TPSA) is 115 Å². The van der Waals surface area contributed by atoms with Crippen LogP contribution in [0.5, 0.6) is 0 Å². The van der Waals surface area contributed by atoms with E-state index >= 15 is 0 Å². The Morgan fingerprint density at radius 1 is 1.12 bits per heavy atom. The lowest BCUT2D eigenvalue weighted by Gasteiger charge is -2.42. The first kappa shape index (κ1) is 27.6. The number of nitrogens with one attached hydrogen (secondary N) is 2. The van der Waals surface area contributed by atoms with Gasteiger partial charge >= 0.3 is 0 Å². The summed E-state index contributed by atoms with van der Waals surface area (Å²) in [6, 6.07) is 12.4. The van der Waals surface area contributed by atoms with Crippen molar-refractivity contribution in [2.75, 3.05) is 81.1 Å². The van der Waals surface area contributed by atoms with Crippen LogP contribution >= 0.6 is 0 Å². The molecule has 3 aliphatic rings. The fourth-order valence-electron chi connectivity index (χ4n) is 6.30. The zero-order valence-corrected chi connectivity index (χ0v) is 24.1. The molecule has 0 saturated carbocycles. The summed E-state index contributed by atoms with van der Waals surface area (Å²) in [5, 5.41) is 17.4. The second-order valence-electron chi connectivity index (χ2n) is 11.3. The number of hydrogen-bond donors (Lipinski definition) is 2. The van der Waals surface area contributed by atoms with Gasteiger partial charge in [-0.05, 0) is 38.1 Å². The number of benzene rings is 1. The Hall–Kier alpha value is -3.56. The summed E-state index contributed by atoms with van der Waals surface area (Å²) in [7, 11) is 1.75. The van der Waals surface area contributed by atoms with Gasteiger partial charge in [0, 0.05) is 95.0 Å². The van der Waals surface area contributed by atoms with Gasteiger partial charge in [-0.15, -0.1) is 0 Å². The first-order valence-corrected chi connectivity index (χ1v) is 14.5. The van der Waals surface area contributed by atoms with Crippen LogP contribution in [-0.4, -0.2) is 110 Å². The van der Waals surface area contributed by atoms with E-state index in [1.807, 2.05) is 19.1 Å². The molecule has 11 heteroatoms. The summed E-state index contributed by atoms with van der Waals surface area (Å²) >= 11 is 0. The van der Waals surface area contributed by atoms with E-state index in [1.165, 1.54) is 0 Å². The number of ether oxygens (including phenoxy) is 2. The molecule has 2 N–H and O–H groups in total. The molecule has 0 bridgehead atoms. The lowest BCUT2D eigenvalue weighted by molar-refractivity contribution is -0.0327. The maximum absolute atomic E-state index is 9.55. The van der Waals surface area contributed by atoms with E-state index in [1.54, 1.807) is 13.3 Å². The normalized spacial score (nSPS) is 25.4. The number of fused-ring (bicyclic) bond motifs is 1. The predicted octanol–water partition coefficient (Wildman–Crippen LogP) is 2.02. The Balaban J connectivity index is 1.08. The van der Waals surface area contributed by atoms with Gasteiger partial charge < -0.3 is 29.9 Å². The molecule has 0 spiro atoms. The van der Waals surface area contributed by atoms with Gasteiger partial charge in [-0.25, -0.2) is 4.98 Å². The number of aromatic nitrogens is 3. The Bertz CT molecular complexity index is 1400. The van der Waals surface area contributed by atoms with Crippen molar-refractivity contribution < 1.29 is 9.47 Å². The van der Waals surface area contributed by atoms with Crippen molar-refractivity contribution in [3.63, 3.8) is 0 Å². The van der Waals surface area contributed by atoms with Crippen molar-refractivity contribution >= 4 is 28.4 Å². The molecule has 3 aromatic rings. The highest BCUT2D eigenvalue weighted by molar-refractivity contribution is 5.95. The van der Waals surface area contributed by atoms with Crippen LogP contribution in [0, 0.1) is 18.3 Å². The highest BCUT2D eigenvalue weighted by atomic mass is 16.5. The molecule has 5 heterocycles. The average molecular weight is 558 g/mol. The van der Waals surface area contributed by atoms with Gasteiger partial charge in [0.2, 0.25) is 5.95 Å². The Morgan fingerprint density at radius 2 is 1.98 bits per heavy atom. The van der Waals surface area contributed by atoms with E-state index in [9.17, 15) is 5.26 Å². The zero-order chi connectivity index (χ0) is 28.3. The van der Waals surface area contributed by atoms with Crippen molar-refractivity contribution in [3.8, 4) is 6.07 Å². The molecule has 4 atom stereocenters. The molecular weight excluding hydrogens is 518 g/mol. The monoisotopic (exact) mass is 557 g/mol. The van der Waals surface area contributed by atoms with Crippen molar-refractivity contribution in [1.82, 2.24) is 25.2 Å². The maximum Gasteiger partial charge on any atom is 0.225 e. The highest BCUT2D eigenvalue weighted by Crippen LogP contribution is 2.30. The predicted molar refractivity (Wildman–Crippen MR) is 160 cm³/mol. The van der Waals surface area contributed by atoms with Crippen LogP contribution in [0.2, 0.25) is 0 Å². The standard InChI is InChI=1S/C30H39N9O2/c1-20-13-28(36-30(34-20)35-25-15-32-16-27(25)40-3)38-11-9-37(10-12-38)18-23-19-39(17-21(2)41-23)26-7-6-22(14-31)29-24(26)5-4-8-33-29/h4-8,13,21,23,25,27,32H,9-12,15-19H2,1-3H3,(H,34,35,36)/t21-,23+,25?,27+/m1/s1. The number of aryl methyl sites for hydroxylation is 1. The van der Waals surface area contributed by atoms with Crippen molar-refractivity contribution in [3.05, 3.63) is 47.8 Å². The van der Waals surface area contributed by atoms with Gasteiger partial charge in [0.1, 0.15) is 11.9 Å². The lowest BCUT2D eigenvalue weighted by Crippen LogP contribution is -2.54. The number of anilines is 3. The van der Waals surface area contributed by atoms with E-state index in [0.29, 0.717) is 11.5 Å². The van der Waals surface area contributed by atoms with Crippen LogP contribution in [0.4, 0.5) is 17.5 Å². The molecule has 0 amide bonds. The molecule has 3 aliphatic heterocycles. The molecule has 3 saturated heterocycles. The summed E-state index contributed by atoms with van der Waals surface area (Å²) in [5.74, 6) is 1.63. The van der Waals surface area contributed by atoms with Crippen LogP contribution in [0.15, 0.2) is 36.5 Å². The van der Waals surface area contributed by atoms with Crippen LogP contribution in [0.25, 0.3) is 10.9 Å². The number of piperazine rings is 1. The molecule has 11 nitrogen and oxygen atoms in total. The molecule has 1 unspecified atom stereocenters. The van der Waals surface area contributed by atoms with Gasteiger partial charge in [-0.3, -0.25) is 9.88 Å². The van der Waals surface area contributed by atoms with E-state index in [2.05, 4.69) is 66.5 Å². The van der Waals surface area contributed by atoms with Gasteiger partial charge in [-0.1, -0.05) is 0 Å². The molecule has 2 aromatic heterocycles. The molecule has 41 heavy (non-hydrogen) atoms. The Labute approximate surface area is 241 Å². The minimum atomic E-state index is 0.0958. The minimum Gasteiger partial charge on any atom is -0.378 e. The quantitative estimate of drug-likeness (QED) is 0.445. The van der Waals surface area contributed by atoms with Crippen LogP contribution in [-0.2, 0) is 9.47 Å². The van der Waals surface area contributed by atoms with E-state index in [4.69, 9.17) is 14.5 Å². The van der Waals surface area contributed by atoms with Crippen LogP contribution in [0.3, 0.4) is 0 Å². The lowest BCUT2D eigenvalue weighted by atomic mass is 10.1. The third-order valence-corrected chi connectivity index (χ3v) is 8.31. The number of hydrogen-bond acceptors (Lipinski definition) is 11. The molecule has 0 aliphatic carbocycles. The summed E-state index contributed by atoms with van der Waals surface area (Å²) in [5.41, 5.74) is 3.44. The molecule has 1 aromatic carbocycles. The molecular formula is C30H39N9O2. The van der Waals surface area contributed by atoms with Crippen molar-refractivity contribution in [2.24, 2.45) is 0 Å². The highest BCUT2D eigenvalue weighted by Gasteiger charge is 2.30. The number of nitrogens with zero attached hydrogens (tertiary/aromatic N) is 7. The molecule has 216 valence electrons. The van der Waals surface area contributed by atoms with Gasteiger partial charge in [0.15, 0.2) is 0 Å². The first-order chi connectivity index (χ1) is 20.0. The fraction of sp³-hybridized carbons (Fsp3) is 0.533. The average Bonchev–Trinajstić information content (AvgIpc) is 3.43. The van der Waals surface area contributed by atoms with Crippen LogP contribution in [0.1, 0.15) is 18.2 Å². The molecule has 6 rings (SSSR count). The Morgan fingerprint density at radius 3 is 2.78 bits per heavy atom. The second kappa shape index (κ2) is 12.1. The summed E-state index contributed by atoms with van der Waals surface area (Å²) in [6.45, 7) is 12.0. The van der Waals surface area contributed by atoms with Gasteiger partial charge in [0.05, 0.1) is 35.4 Å². The largest absolute Gasteiger partial charge is 0.378 e. The number of methoxy groups -OCH3 is 1. The van der Waals surface area contributed by atoms with E-state index < -0.39 is 0 Å². The maximum atomic E-state index is 9.55. The second-order valence-corrected chi connectivity index (χ2v) is 11.3. The number of morpholine rings is 1. The van der Waals surface area contributed by atoms with E-state index in [0.717, 1.165) is 87.0 Å². The molecule has 3 fully saturated rings. The smallest absolute Gasteiger partial charge is 0.225 e. The SMILES string of the molecule is CO[C@H]1CNCC1Nc1nc(C)cc(N2CCN(C[C@H]3CN(c4ccc(C#N)c5ncccc45)C[C@@H](C)O3)CC2)n1. The van der Waals surface area contributed by atoms with E-state index in [-0.39, 0.29) is 24.4 Å². The van der Waals surface area contributed by atoms with Gasteiger partial charge in [-0.2, -0.15) is 10.2 Å². The summed E-state index contributed by atoms with van der Waals surface area (Å²) in [4.78, 5) is 21.2. The third-order valence-electron chi connectivity index (χ3n) is 8.31. The zero-order valence-electron chi connectivity index (χ0n) is 24.1. The number of rotatable bonds is 7. The first-order valence-electron chi connectivity index (χ1n) is 14.5. The molecule has 0 radical (unpaired) electrons. The number of nitriles is 1. The minimum absolute atomic E-state index is 0.0958. The van der Waals surface area contributed by atoms with Crippen molar-refractivity contribution in [1.29, 1.82) is 5.26 Å². The van der Waals surface area contributed by atoms with Crippen LogP contribution < -0.4 is 20.4 Å². The third kappa shape index (κ3) is 6.06. The fourth-order valence-corrected chi connectivity index (χ4v) is 6.30. The summed E-state index contributed by atoms with van der Waals surface area (Å²) < 4.78 is 12.0. The van der Waals surface area contributed by atoms with Gasteiger partial charge in [0.25, 0.3) is 0 Å². The number of pyridine rings is 1. The van der Waals surface area contributed by atoms with Crippen molar-refractivity contribution in [2.45, 2.75) is 38.2 Å². The summed E-state index contributed by atoms with van der Waals surface area (Å²) in [6.07, 6.45) is 2.07.